The molecule has 0 radical (unpaired) electrons. The first-order valence-corrected chi connectivity index (χ1v) is 7.42. The van der Waals surface area contributed by atoms with Gasteiger partial charge in [-0.05, 0) is 38.1 Å². The molecule has 0 saturated carbocycles. The fourth-order valence-corrected chi connectivity index (χ4v) is 2.98. The zero-order valence-corrected chi connectivity index (χ0v) is 12.8. The molecule has 6 nitrogen and oxygen atoms in total. The molecule has 3 rings (SSSR count). The van der Waals surface area contributed by atoms with E-state index in [2.05, 4.69) is 10.4 Å². The quantitative estimate of drug-likeness (QED) is 0.687. The third-order valence-corrected chi connectivity index (χ3v) is 4.22. The standard InChI is InChI=1S/C16H19N3O3/c1-19-13-9-11(15(20)10-5-7-17-8-6-10)3-4-12(13)14(18-19)16(21)22-2/h3-4,9-10,17H,5-8H2,1-2H3. The van der Waals surface area contributed by atoms with Crippen molar-refractivity contribution in [3.05, 3.63) is 29.5 Å². The smallest absolute Gasteiger partial charge is 0.359 e. The predicted octanol–water partition coefficient (Wildman–Crippen LogP) is 1.54. The summed E-state index contributed by atoms with van der Waals surface area (Å²) in [5.41, 5.74) is 1.72. The van der Waals surface area contributed by atoms with Crippen LogP contribution in [-0.4, -0.2) is 41.7 Å². The average molecular weight is 301 g/mol. The van der Waals surface area contributed by atoms with Crippen molar-refractivity contribution in [2.45, 2.75) is 12.8 Å². The summed E-state index contributed by atoms with van der Waals surface area (Å²) >= 11 is 0. The Morgan fingerprint density at radius 3 is 2.73 bits per heavy atom. The number of ketones is 1. The number of carbonyl (C=O) groups is 2. The van der Waals surface area contributed by atoms with Gasteiger partial charge >= 0.3 is 5.97 Å². The molecule has 0 bridgehead atoms. The van der Waals surface area contributed by atoms with Crippen molar-refractivity contribution in [1.82, 2.24) is 15.1 Å². The Morgan fingerprint density at radius 1 is 1.32 bits per heavy atom. The van der Waals surface area contributed by atoms with Gasteiger partial charge in [0, 0.05) is 23.9 Å². The molecular weight excluding hydrogens is 282 g/mol. The summed E-state index contributed by atoms with van der Waals surface area (Å²) in [4.78, 5) is 24.3. The van der Waals surface area contributed by atoms with Gasteiger partial charge in [-0.25, -0.2) is 4.79 Å². The van der Waals surface area contributed by atoms with E-state index < -0.39 is 5.97 Å². The lowest BCUT2D eigenvalue weighted by Gasteiger charge is -2.21. The summed E-state index contributed by atoms with van der Waals surface area (Å²) in [6.07, 6.45) is 1.74. The highest BCUT2D eigenvalue weighted by Gasteiger charge is 2.24. The molecule has 0 aliphatic carbocycles. The van der Waals surface area contributed by atoms with Gasteiger partial charge in [0.05, 0.1) is 12.6 Å². The lowest BCUT2D eigenvalue weighted by atomic mass is 9.89. The number of hydrogen-bond donors (Lipinski definition) is 1. The summed E-state index contributed by atoms with van der Waals surface area (Å²) in [6, 6.07) is 5.38. The van der Waals surface area contributed by atoms with Crippen molar-refractivity contribution >= 4 is 22.7 Å². The molecule has 2 heterocycles. The van der Waals surface area contributed by atoms with Crippen LogP contribution in [0.4, 0.5) is 0 Å². The molecule has 0 atom stereocenters. The third kappa shape index (κ3) is 2.50. The van der Waals surface area contributed by atoms with Crippen LogP contribution in [0.15, 0.2) is 18.2 Å². The van der Waals surface area contributed by atoms with Crippen LogP contribution < -0.4 is 5.32 Å². The van der Waals surface area contributed by atoms with Crippen molar-refractivity contribution in [3.63, 3.8) is 0 Å². The Morgan fingerprint density at radius 2 is 2.05 bits per heavy atom. The molecule has 1 N–H and O–H groups in total. The third-order valence-electron chi connectivity index (χ3n) is 4.22. The fourth-order valence-electron chi connectivity index (χ4n) is 2.98. The van der Waals surface area contributed by atoms with Crippen LogP contribution in [0.1, 0.15) is 33.7 Å². The van der Waals surface area contributed by atoms with Crippen molar-refractivity contribution in [3.8, 4) is 0 Å². The second kappa shape index (κ2) is 5.88. The highest BCUT2D eigenvalue weighted by atomic mass is 16.5. The summed E-state index contributed by atoms with van der Waals surface area (Å²) in [7, 11) is 3.09. The Hall–Kier alpha value is -2.21. The number of piperidine rings is 1. The number of carbonyl (C=O) groups excluding carboxylic acids is 2. The molecule has 2 aromatic rings. The highest BCUT2D eigenvalue weighted by molar-refractivity contribution is 6.05. The molecule has 116 valence electrons. The van der Waals surface area contributed by atoms with E-state index in [1.165, 1.54) is 7.11 Å². The number of aromatic nitrogens is 2. The molecule has 1 saturated heterocycles. The fraction of sp³-hybridized carbons (Fsp3) is 0.438. The number of ether oxygens (including phenoxy) is 1. The molecule has 1 aromatic heterocycles. The molecule has 1 aliphatic rings. The Bertz CT molecular complexity index is 730. The van der Waals surface area contributed by atoms with Gasteiger partial charge in [0.1, 0.15) is 0 Å². The van der Waals surface area contributed by atoms with Crippen LogP contribution in [0, 0.1) is 5.92 Å². The maximum Gasteiger partial charge on any atom is 0.359 e. The number of aryl methyl sites for hydroxylation is 1. The van der Waals surface area contributed by atoms with Gasteiger partial charge in [0.15, 0.2) is 11.5 Å². The minimum atomic E-state index is -0.469. The SMILES string of the molecule is COC(=O)c1nn(C)c2cc(C(=O)C3CCNCC3)ccc12. The first-order valence-electron chi connectivity index (χ1n) is 7.42. The largest absolute Gasteiger partial charge is 0.464 e. The van der Waals surface area contributed by atoms with Crippen LogP contribution >= 0.6 is 0 Å². The predicted molar refractivity (Wildman–Crippen MR) is 82.0 cm³/mol. The molecule has 6 heteroatoms. The number of rotatable bonds is 3. The lowest BCUT2D eigenvalue weighted by Crippen LogP contribution is -2.31. The average Bonchev–Trinajstić information content (AvgIpc) is 2.90. The Labute approximate surface area is 128 Å². The number of esters is 1. The number of nitrogens with one attached hydrogen (secondary N) is 1. The maximum atomic E-state index is 12.6. The Kier molecular flexibility index (Phi) is 3.94. The molecule has 0 unspecified atom stereocenters. The first-order chi connectivity index (χ1) is 10.6. The monoisotopic (exact) mass is 301 g/mol. The number of methoxy groups -OCH3 is 1. The van der Waals surface area contributed by atoms with Gasteiger partial charge in [0.25, 0.3) is 0 Å². The maximum absolute atomic E-state index is 12.6. The van der Waals surface area contributed by atoms with E-state index in [0.717, 1.165) is 31.4 Å². The Balaban J connectivity index is 1.97. The topological polar surface area (TPSA) is 73.2 Å². The second-order valence-corrected chi connectivity index (χ2v) is 5.58. The number of fused-ring (bicyclic) bond motifs is 1. The van der Waals surface area contributed by atoms with Gasteiger partial charge in [0.2, 0.25) is 0 Å². The van der Waals surface area contributed by atoms with Gasteiger partial charge < -0.3 is 10.1 Å². The summed E-state index contributed by atoms with van der Waals surface area (Å²) in [5, 5.41) is 8.16. The highest BCUT2D eigenvalue weighted by Crippen LogP contribution is 2.24. The molecule has 1 aromatic carbocycles. The van der Waals surface area contributed by atoms with Gasteiger partial charge in [-0.15, -0.1) is 0 Å². The molecule has 1 fully saturated rings. The summed E-state index contributed by atoms with van der Waals surface area (Å²) in [6.45, 7) is 1.77. The molecule has 22 heavy (non-hydrogen) atoms. The van der Waals surface area contributed by atoms with Crippen LogP contribution in [0.2, 0.25) is 0 Å². The molecule has 0 spiro atoms. The van der Waals surface area contributed by atoms with Crippen molar-refractivity contribution in [2.75, 3.05) is 20.2 Å². The zero-order valence-electron chi connectivity index (χ0n) is 12.8. The van der Waals surface area contributed by atoms with E-state index in [4.69, 9.17) is 4.74 Å². The van der Waals surface area contributed by atoms with Gasteiger partial charge in [-0.2, -0.15) is 5.10 Å². The first kappa shape index (κ1) is 14.7. The minimum Gasteiger partial charge on any atom is -0.464 e. The second-order valence-electron chi connectivity index (χ2n) is 5.58. The van der Waals surface area contributed by atoms with Crippen LogP contribution in [0.25, 0.3) is 10.9 Å². The van der Waals surface area contributed by atoms with Gasteiger partial charge in [-0.1, -0.05) is 6.07 Å². The van der Waals surface area contributed by atoms with Crippen molar-refractivity contribution in [1.29, 1.82) is 0 Å². The summed E-state index contributed by atoms with van der Waals surface area (Å²) in [5.74, 6) is -0.223. The van der Waals surface area contributed by atoms with E-state index >= 15 is 0 Å². The zero-order chi connectivity index (χ0) is 15.7. The lowest BCUT2D eigenvalue weighted by molar-refractivity contribution is 0.0595. The molecular formula is C16H19N3O3. The van der Waals surface area contributed by atoms with E-state index in [0.29, 0.717) is 10.9 Å². The number of Topliss-reactive ketones (excluding diaryl/α,β-unsaturated/α-hetero) is 1. The number of hydrogen-bond acceptors (Lipinski definition) is 5. The molecule has 1 aliphatic heterocycles. The van der Waals surface area contributed by atoms with E-state index in [1.54, 1.807) is 23.9 Å². The summed E-state index contributed by atoms with van der Waals surface area (Å²) < 4.78 is 6.35. The number of benzene rings is 1. The van der Waals surface area contributed by atoms with Gasteiger partial charge in [-0.3, -0.25) is 9.48 Å². The normalized spacial score (nSPS) is 15.9. The van der Waals surface area contributed by atoms with E-state index in [1.807, 2.05) is 6.07 Å². The minimum absolute atomic E-state index is 0.0759. The van der Waals surface area contributed by atoms with E-state index in [9.17, 15) is 9.59 Å². The molecule has 0 amide bonds. The van der Waals surface area contributed by atoms with Crippen molar-refractivity contribution in [2.24, 2.45) is 13.0 Å². The van der Waals surface area contributed by atoms with Crippen LogP contribution in [-0.2, 0) is 11.8 Å². The van der Waals surface area contributed by atoms with E-state index in [-0.39, 0.29) is 17.4 Å². The van der Waals surface area contributed by atoms with Crippen LogP contribution in [0.5, 0.6) is 0 Å². The number of nitrogens with zero attached hydrogens (tertiary/aromatic N) is 2. The van der Waals surface area contributed by atoms with Crippen molar-refractivity contribution < 1.29 is 14.3 Å². The van der Waals surface area contributed by atoms with Crippen LogP contribution in [0.3, 0.4) is 0 Å².